The second-order valence-corrected chi connectivity index (χ2v) is 6.36. The minimum atomic E-state index is -4.45. The Bertz CT molecular complexity index is 855. The van der Waals surface area contributed by atoms with Crippen LogP contribution in [0.2, 0.25) is 0 Å². The number of carbonyl (C=O) groups excluding carboxylic acids is 2. The van der Waals surface area contributed by atoms with Crippen molar-refractivity contribution < 1.29 is 27.2 Å². The molecular weight excluding hydrogens is 375 g/mol. The highest BCUT2D eigenvalue weighted by molar-refractivity contribution is 5.92. The number of amides is 3. The number of rotatable bonds is 3. The lowest BCUT2D eigenvalue weighted by Crippen LogP contribution is -2.53. The molecule has 1 aliphatic rings. The summed E-state index contributed by atoms with van der Waals surface area (Å²) in [7, 11) is 0. The standard InChI is InChI=1S/C19H20F3N3O3/c1-2-23-18(27)25-10-8-24(9-11-25)17(26)16-7-6-15(28-16)13-4-3-5-14(12-13)19(20,21)22/h3-7,12H,2,8-11H2,1H3,(H,23,27). The first-order chi connectivity index (χ1) is 13.3. The Morgan fingerprint density at radius 2 is 1.75 bits per heavy atom. The molecule has 3 amide bonds. The van der Waals surface area contributed by atoms with E-state index in [2.05, 4.69) is 5.32 Å². The molecule has 2 heterocycles. The number of hydrogen-bond acceptors (Lipinski definition) is 3. The van der Waals surface area contributed by atoms with Gasteiger partial charge >= 0.3 is 12.2 Å². The second-order valence-electron chi connectivity index (χ2n) is 6.36. The van der Waals surface area contributed by atoms with Crippen LogP contribution in [0.4, 0.5) is 18.0 Å². The van der Waals surface area contributed by atoms with Gasteiger partial charge in [0, 0.05) is 38.3 Å². The van der Waals surface area contributed by atoms with Gasteiger partial charge < -0.3 is 19.5 Å². The number of nitrogens with one attached hydrogen (secondary N) is 1. The van der Waals surface area contributed by atoms with Crippen LogP contribution in [0.1, 0.15) is 23.0 Å². The van der Waals surface area contributed by atoms with Crippen molar-refractivity contribution in [2.75, 3.05) is 32.7 Å². The number of piperazine rings is 1. The number of hydrogen-bond donors (Lipinski definition) is 1. The van der Waals surface area contributed by atoms with Gasteiger partial charge in [0.15, 0.2) is 5.76 Å². The lowest BCUT2D eigenvalue weighted by atomic mass is 10.1. The van der Waals surface area contributed by atoms with Gasteiger partial charge in [-0.25, -0.2) is 4.79 Å². The lowest BCUT2D eigenvalue weighted by molar-refractivity contribution is -0.137. The zero-order chi connectivity index (χ0) is 20.3. The van der Waals surface area contributed by atoms with Crippen LogP contribution < -0.4 is 5.32 Å². The summed E-state index contributed by atoms with van der Waals surface area (Å²) < 4.78 is 44.1. The van der Waals surface area contributed by atoms with Gasteiger partial charge in [0.05, 0.1) is 5.56 Å². The van der Waals surface area contributed by atoms with Crippen LogP contribution in [-0.2, 0) is 6.18 Å². The van der Waals surface area contributed by atoms with Crippen LogP contribution in [0.25, 0.3) is 11.3 Å². The van der Waals surface area contributed by atoms with Gasteiger partial charge in [0.2, 0.25) is 0 Å². The molecule has 0 saturated carbocycles. The number of nitrogens with zero attached hydrogens (tertiary/aromatic N) is 2. The first-order valence-electron chi connectivity index (χ1n) is 8.89. The number of alkyl halides is 3. The zero-order valence-electron chi connectivity index (χ0n) is 15.3. The fourth-order valence-corrected chi connectivity index (χ4v) is 2.99. The first-order valence-corrected chi connectivity index (χ1v) is 8.89. The Hall–Kier alpha value is -2.97. The Morgan fingerprint density at radius 1 is 1.07 bits per heavy atom. The highest BCUT2D eigenvalue weighted by atomic mass is 19.4. The molecular formula is C19H20F3N3O3. The average Bonchev–Trinajstić information content (AvgIpc) is 3.17. The molecule has 2 aromatic rings. The first kappa shape index (κ1) is 19.8. The van der Waals surface area contributed by atoms with E-state index in [-0.39, 0.29) is 29.0 Å². The third-order valence-electron chi connectivity index (χ3n) is 4.47. The van der Waals surface area contributed by atoms with E-state index in [4.69, 9.17) is 4.42 Å². The molecule has 1 aromatic carbocycles. The smallest absolute Gasteiger partial charge is 0.416 e. The predicted molar refractivity (Wildman–Crippen MR) is 95.7 cm³/mol. The number of furan rings is 1. The van der Waals surface area contributed by atoms with Crippen molar-refractivity contribution in [3.8, 4) is 11.3 Å². The summed E-state index contributed by atoms with van der Waals surface area (Å²) in [6.45, 7) is 3.88. The SMILES string of the molecule is CCNC(=O)N1CCN(C(=O)c2ccc(-c3cccc(C(F)(F)F)c3)o2)CC1. The molecule has 1 aromatic heterocycles. The molecule has 1 N–H and O–H groups in total. The molecule has 0 aliphatic carbocycles. The van der Waals surface area contributed by atoms with E-state index in [9.17, 15) is 22.8 Å². The summed E-state index contributed by atoms with van der Waals surface area (Å²) in [5.74, 6) is -0.108. The Morgan fingerprint density at radius 3 is 2.39 bits per heavy atom. The summed E-state index contributed by atoms with van der Waals surface area (Å²) in [4.78, 5) is 27.6. The monoisotopic (exact) mass is 395 g/mol. The molecule has 6 nitrogen and oxygen atoms in total. The van der Waals surface area contributed by atoms with E-state index < -0.39 is 11.7 Å². The van der Waals surface area contributed by atoms with E-state index in [1.807, 2.05) is 6.92 Å². The number of urea groups is 1. The van der Waals surface area contributed by atoms with E-state index in [0.29, 0.717) is 32.7 Å². The van der Waals surface area contributed by atoms with Gasteiger partial charge in [-0.3, -0.25) is 4.79 Å². The van der Waals surface area contributed by atoms with Crippen LogP contribution >= 0.6 is 0 Å². The Labute approximate surface area is 159 Å². The van der Waals surface area contributed by atoms with Crippen molar-refractivity contribution >= 4 is 11.9 Å². The summed E-state index contributed by atoms with van der Waals surface area (Å²) in [5, 5.41) is 2.71. The Kier molecular flexibility index (Phi) is 5.62. The summed E-state index contributed by atoms with van der Waals surface area (Å²) >= 11 is 0. The molecule has 1 saturated heterocycles. The normalized spacial score (nSPS) is 14.9. The molecule has 0 spiro atoms. The van der Waals surface area contributed by atoms with Gasteiger partial charge in [-0.2, -0.15) is 13.2 Å². The van der Waals surface area contributed by atoms with Gasteiger partial charge in [0.25, 0.3) is 5.91 Å². The van der Waals surface area contributed by atoms with Crippen LogP contribution in [0.3, 0.4) is 0 Å². The maximum atomic E-state index is 12.9. The number of carbonyl (C=O) groups is 2. The maximum absolute atomic E-state index is 12.9. The van der Waals surface area contributed by atoms with Crippen LogP contribution in [-0.4, -0.2) is 54.5 Å². The topological polar surface area (TPSA) is 65.8 Å². The molecule has 1 fully saturated rings. The van der Waals surface area contributed by atoms with Crippen molar-refractivity contribution in [2.45, 2.75) is 13.1 Å². The molecule has 0 radical (unpaired) electrons. The summed E-state index contributed by atoms with van der Waals surface area (Å²) in [6, 6.07) is 7.52. The van der Waals surface area contributed by atoms with E-state index in [1.165, 1.54) is 24.3 Å². The van der Waals surface area contributed by atoms with E-state index in [0.717, 1.165) is 12.1 Å². The minimum absolute atomic E-state index is 0.0545. The highest BCUT2D eigenvalue weighted by Gasteiger charge is 2.31. The molecule has 0 unspecified atom stereocenters. The zero-order valence-corrected chi connectivity index (χ0v) is 15.3. The lowest BCUT2D eigenvalue weighted by Gasteiger charge is -2.34. The van der Waals surface area contributed by atoms with Crippen molar-refractivity contribution in [2.24, 2.45) is 0 Å². The van der Waals surface area contributed by atoms with Gasteiger partial charge in [-0.15, -0.1) is 0 Å². The van der Waals surface area contributed by atoms with Crippen LogP contribution in [0.15, 0.2) is 40.8 Å². The van der Waals surface area contributed by atoms with E-state index >= 15 is 0 Å². The molecule has 0 bridgehead atoms. The van der Waals surface area contributed by atoms with Crippen LogP contribution in [0.5, 0.6) is 0 Å². The quantitative estimate of drug-likeness (QED) is 0.866. The molecule has 3 rings (SSSR count). The van der Waals surface area contributed by atoms with Crippen molar-refractivity contribution in [1.82, 2.24) is 15.1 Å². The van der Waals surface area contributed by atoms with Crippen LogP contribution in [0, 0.1) is 0 Å². The largest absolute Gasteiger partial charge is 0.451 e. The third-order valence-corrected chi connectivity index (χ3v) is 4.47. The maximum Gasteiger partial charge on any atom is 0.416 e. The third kappa shape index (κ3) is 4.29. The fraction of sp³-hybridized carbons (Fsp3) is 0.368. The molecule has 1 aliphatic heterocycles. The Balaban J connectivity index is 1.68. The summed E-state index contributed by atoms with van der Waals surface area (Å²) in [5.41, 5.74) is -0.536. The number of benzene rings is 1. The fourth-order valence-electron chi connectivity index (χ4n) is 2.99. The highest BCUT2D eigenvalue weighted by Crippen LogP contribution is 2.32. The van der Waals surface area contributed by atoms with Crippen molar-refractivity contribution in [3.05, 3.63) is 47.7 Å². The number of halogens is 3. The summed E-state index contributed by atoms with van der Waals surface area (Å²) in [6.07, 6.45) is -4.45. The molecule has 150 valence electrons. The molecule has 0 atom stereocenters. The molecule has 28 heavy (non-hydrogen) atoms. The van der Waals surface area contributed by atoms with Gasteiger partial charge in [-0.05, 0) is 31.2 Å². The minimum Gasteiger partial charge on any atom is -0.451 e. The second kappa shape index (κ2) is 7.95. The molecule has 9 heteroatoms. The van der Waals surface area contributed by atoms with E-state index in [1.54, 1.807) is 9.80 Å². The average molecular weight is 395 g/mol. The van der Waals surface area contributed by atoms with Crippen molar-refractivity contribution in [3.63, 3.8) is 0 Å². The predicted octanol–water partition coefficient (Wildman–Crippen LogP) is 3.45. The van der Waals surface area contributed by atoms with Crippen molar-refractivity contribution in [1.29, 1.82) is 0 Å². The van der Waals surface area contributed by atoms with Gasteiger partial charge in [0.1, 0.15) is 5.76 Å². The van der Waals surface area contributed by atoms with Gasteiger partial charge in [-0.1, -0.05) is 12.1 Å².